The number of aromatic carboxylic acids is 1. The number of carboxylic acids is 1. The number of aryl methyl sites for hydroxylation is 1. The number of carbonyl (C=O) groups is 1. The Bertz CT molecular complexity index is 733. The highest BCUT2D eigenvalue weighted by molar-refractivity contribution is 5.85. The highest BCUT2D eigenvalue weighted by Crippen LogP contribution is 2.17. The molecule has 5 nitrogen and oxygen atoms in total. The third kappa shape index (κ3) is 3.02. The maximum Gasteiger partial charge on any atom is 0.360 e. The molecule has 1 heterocycles. The van der Waals surface area contributed by atoms with Crippen molar-refractivity contribution in [2.24, 2.45) is 0 Å². The van der Waals surface area contributed by atoms with Gasteiger partial charge in [-0.3, -0.25) is 4.79 Å². The Labute approximate surface area is 122 Å². The molecule has 2 rings (SSSR count). The third-order valence-electron chi connectivity index (χ3n) is 3.38. The lowest BCUT2D eigenvalue weighted by Gasteiger charge is -2.11. The van der Waals surface area contributed by atoms with E-state index in [-0.39, 0.29) is 0 Å². The van der Waals surface area contributed by atoms with Crippen LogP contribution < -0.4 is 5.43 Å². The second kappa shape index (κ2) is 5.91. The van der Waals surface area contributed by atoms with Crippen LogP contribution >= 0.6 is 0 Å². The van der Waals surface area contributed by atoms with Crippen LogP contribution in [0, 0.1) is 0 Å². The molecule has 1 aromatic heterocycles. The lowest BCUT2D eigenvalue weighted by atomic mass is 10.0. The first-order chi connectivity index (χ1) is 9.93. The maximum absolute atomic E-state index is 11.9. The number of benzene rings is 1. The molecule has 0 aliphatic heterocycles. The van der Waals surface area contributed by atoms with E-state index in [1.807, 2.05) is 31.2 Å². The summed E-state index contributed by atoms with van der Waals surface area (Å²) in [6.45, 7) is 5.98. The summed E-state index contributed by atoms with van der Waals surface area (Å²) in [6.07, 6.45) is 2.07. The zero-order valence-corrected chi connectivity index (χ0v) is 12.3. The Morgan fingerprint density at radius 2 is 2.10 bits per heavy atom. The number of carboxylic acid groups (broad SMARTS) is 1. The second-order valence-electron chi connectivity index (χ2n) is 5.19. The summed E-state index contributed by atoms with van der Waals surface area (Å²) in [6, 6.07) is 7.70. The molecule has 0 aliphatic rings. The lowest BCUT2D eigenvalue weighted by molar-refractivity contribution is 0.0686. The smallest absolute Gasteiger partial charge is 0.360 e. The van der Waals surface area contributed by atoms with Gasteiger partial charge in [0.2, 0.25) is 11.1 Å². The van der Waals surface area contributed by atoms with Crippen LogP contribution in [0.3, 0.4) is 0 Å². The van der Waals surface area contributed by atoms with Crippen LogP contribution in [0.4, 0.5) is 0 Å². The first-order valence-electron chi connectivity index (χ1n) is 6.90. The van der Waals surface area contributed by atoms with Gasteiger partial charge in [-0.2, -0.15) is 5.10 Å². The minimum atomic E-state index is -1.30. The molecule has 0 saturated heterocycles. The number of hydrogen-bond acceptors (Lipinski definition) is 3. The van der Waals surface area contributed by atoms with E-state index >= 15 is 0 Å². The predicted molar refractivity (Wildman–Crippen MR) is 80.3 cm³/mol. The van der Waals surface area contributed by atoms with Gasteiger partial charge >= 0.3 is 5.97 Å². The molecule has 2 aromatic rings. The molecular weight excluding hydrogens is 268 g/mol. The summed E-state index contributed by atoms with van der Waals surface area (Å²) in [7, 11) is 0. The van der Waals surface area contributed by atoms with Crippen LogP contribution in [-0.2, 0) is 6.42 Å². The van der Waals surface area contributed by atoms with E-state index in [1.165, 1.54) is 4.68 Å². The van der Waals surface area contributed by atoms with Crippen molar-refractivity contribution in [2.45, 2.75) is 33.1 Å². The van der Waals surface area contributed by atoms with Crippen LogP contribution in [-0.4, -0.2) is 20.9 Å². The van der Waals surface area contributed by atoms with E-state index in [0.717, 1.165) is 11.3 Å². The number of aromatic nitrogens is 2. The minimum Gasteiger partial charge on any atom is -0.476 e. The number of nitrogens with zero attached hydrogens (tertiary/aromatic N) is 2. The number of hydrogen-bond donors (Lipinski definition) is 1. The van der Waals surface area contributed by atoms with Crippen LogP contribution in [0.2, 0.25) is 0 Å². The Morgan fingerprint density at radius 3 is 2.67 bits per heavy atom. The van der Waals surface area contributed by atoms with Gasteiger partial charge in [0.1, 0.15) is 0 Å². The molecule has 0 radical (unpaired) electrons. The highest BCUT2D eigenvalue weighted by Gasteiger charge is 2.15. The Hall–Kier alpha value is -2.43. The fourth-order valence-corrected chi connectivity index (χ4v) is 2.09. The van der Waals surface area contributed by atoms with Crippen LogP contribution in [0.1, 0.15) is 48.3 Å². The van der Waals surface area contributed by atoms with Gasteiger partial charge in [0.25, 0.3) is 0 Å². The highest BCUT2D eigenvalue weighted by atomic mass is 16.4. The average Bonchev–Trinajstić information content (AvgIpc) is 2.47. The van der Waals surface area contributed by atoms with Gasteiger partial charge in [-0.05, 0) is 30.0 Å². The topological polar surface area (TPSA) is 72.2 Å². The van der Waals surface area contributed by atoms with E-state index in [4.69, 9.17) is 5.11 Å². The van der Waals surface area contributed by atoms with Gasteiger partial charge in [-0.15, -0.1) is 0 Å². The molecule has 21 heavy (non-hydrogen) atoms. The number of rotatable bonds is 4. The molecule has 0 fully saturated rings. The van der Waals surface area contributed by atoms with Gasteiger partial charge in [-0.25, -0.2) is 9.48 Å². The van der Waals surface area contributed by atoms with Crippen LogP contribution in [0.15, 0.2) is 35.3 Å². The van der Waals surface area contributed by atoms with E-state index in [2.05, 4.69) is 18.9 Å². The van der Waals surface area contributed by atoms with Crippen molar-refractivity contribution < 1.29 is 9.90 Å². The van der Waals surface area contributed by atoms with E-state index in [0.29, 0.717) is 17.9 Å². The first kappa shape index (κ1) is 15.0. The molecule has 0 unspecified atom stereocenters. The van der Waals surface area contributed by atoms with E-state index in [1.54, 1.807) is 6.20 Å². The van der Waals surface area contributed by atoms with Gasteiger partial charge in [0.05, 0.1) is 5.69 Å². The van der Waals surface area contributed by atoms with Gasteiger partial charge in [0, 0.05) is 11.8 Å². The summed E-state index contributed by atoms with van der Waals surface area (Å²) >= 11 is 0. The van der Waals surface area contributed by atoms with Crippen LogP contribution in [0.5, 0.6) is 0 Å². The predicted octanol–water partition coefficient (Wildman–Crippen LogP) is 2.62. The molecular formula is C16H18N2O3. The fourth-order valence-electron chi connectivity index (χ4n) is 2.09. The first-order valence-corrected chi connectivity index (χ1v) is 6.90. The molecule has 1 N–H and O–H groups in total. The van der Waals surface area contributed by atoms with Crippen molar-refractivity contribution in [2.75, 3.05) is 0 Å². The quantitative estimate of drug-likeness (QED) is 0.937. The molecule has 110 valence electrons. The Morgan fingerprint density at radius 1 is 1.38 bits per heavy atom. The molecule has 0 aliphatic carbocycles. The van der Waals surface area contributed by atoms with Gasteiger partial charge < -0.3 is 5.11 Å². The van der Waals surface area contributed by atoms with Crippen molar-refractivity contribution in [1.82, 2.24) is 9.78 Å². The molecule has 0 atom stereocenters. The molecule has 0 amide bonds. The van der Waals surface area contributed by atoms with Crippen molar-refractivity contribution in [1.29, 1.82) is 0 Å². The summed E-state index contributed by atoms with van der Waals surface area (Å²) in [5, 5.41) is 13.1. The van der Waals surface area contributed by atoms with E-state index in [9.17, 15) is 9.59 Å². The maximum atomic E-state index is 11.9. The Balaban J connectivity index is 2.64. The monoisotopic (exact) mass is 286 g/mol. The molecule has 5 heteroatoms. The normalized spacial score (nSPS) is 10.9. The molecule has 0 saturated carbocycles. The zero-order valence-electron chi connectivity index (χ0n) is 12.3. The zero-order chi connectivity index (χ0) is 15.6. The van der Waals surface area contributed by atoms with Crippen molar-refractivity contribution in [3.63, 3.8) is 0 Å². The summed E-state index contributed by atoms with van der Waals surface area (Å²) in [4.78, 5) is 23.1. The average molecular weight is 286 g/mol. The molecule has 0 bridgehead atoms. The Kier molecular flexibility index (Phi) is 4.21. The van der Waals surface area contributed by atoms with Crippen LogP contribution in [0.25, 0.3) is 5.69 Å². The summed E-state index contributed by atoms with van der Waals surface area (Å²) < 4.78 is 1.47. The van der Waals surface area contributed by atoms with Gasteiger partial charge in [0.15, 0.2) is 0 Å². The lowest BCUT2D eigenvalue weighted by Crippen LogP contribution is -2.24. The fraction of sp³-hybridized carbons (Fsp3) is 0.312. The molecule has 1 aromatic carbocycles. The van der Waals surface area contributed by atoms with Crippen molar-refractivity contribution in [3.8, 4) is 5.69 Å². The largest absolute Gasteiger partial charge is 0.476 e. The summed E-state index contributed by atoms with van der Waals surface area (Å²) in [5.41, 5.74) is 1.37. The SMILES string of the molecule is CCc1cn(-c2cccc(C(C)C)c2)nc(C(=O)O)c1=O. The van der Waals surface area contributed by atoms with E-state index < -0.39 is 17.1 Å². The minimum absolute atomic E-state index is 0.355. The summed E-state index contributed by atoms with van der Waals surface area (Å²) in [5.74, 6) is -0.946. The standard InChI is InChI=1S/C16H18N2O3/c1-4-11-9-18(17-14(15(11)19)16(20)21)13-7-5-6-12(8-13)10(2)3/h5-10H,4H2,1-3H3,(H,20,21). The van der Waals surface area contributed by atoms with Crippen molar-refractivity contribution in [3.05, 3.63) is 57.5 Å². The van der Waals surface area contributed by atoms with Crippen molar-refractivity contribution >= 4 is 5.97 Å². The molecule has 0 spiro atoms. The second-order valence-corrected chi connectivity index (χ2v) is 5.19. The van der Waals surface area contributed by atoms with Gasteiger partial charge in [-0.1, -0.05) is 32.9 Å². The third-order valence-corrected chi connectivity index (χ3v) is 3.38.